The average Bonchev–Trinajstić information content (AvgIpc) is 3.30. The van der Waals surface area contributed by atoms with Crippen molar-refractivity contribution in [2.75, 3.05) is 35.7 Å². The summed E-state index contributed by atoms with van der Waals surface area (Å²) < 4.78 is 5.26. The predicted octanol–water partition coefficient (Wildman–Crippen LogP) is 5.04. The number of hydrogen-bond donors (Lipinski definition) is 2. The van der Waals surface area contributed by atoms with Crippen LogP contribution in [0.15, 0.2) is 48.5 Å². The molecule has 31 heavy (non-hydrogen) atoms. The number of nitrogens with one attached hydrogen (secondary N) is 2. The highest BCUT2D eigenvalue weighted by Crippen LogP contribution is 2.26. The number of carbonyl (C=O) groups excluding carboxylic acids is 1. The van der Waals surface area contributed by atoms with Gasteiger partial charge in [0.1, 0.15) is 23.2 Å². The van der Waals surface area contributed by atoms with Gasteiger partial charge in [-0.3, -0.25) is 4.79 Å². The van der Waals surface area contributed by atoms with Gasteiger partial charge in [-0.15, -0.1) is 0 Å². The maximum atomic E-state index is 12.6. The van der Waals surface area contributed by atoms with Gasteiger partial charge in [-0.1, -0.05) is 11.6 Å². The van der Waals surface area contributed by atoms with Gasteiger partial charge in [0.2, 0.25) is 0 Å². The van der Waals surface area contributed by atoms with Crippen molar-refractivity contribution in [3.05, 3.63) is 64.9 Å². The smallest absolute Gasteiger partial charge is 0.259 e. The summed E-state index contributed by atoms with van der Waals surface area (Å²) in [5.41, 5.74) is 1.90. The van der Waals surface area contributed by atoms with Gasteiger partial charge < -0.3 is 20.3 Å². The lowest BCUT2D eigenvalue weighted by atomic mass is 10.1. The minimum Gasteiger partial charge on any atom is -0.496 e. The quantitative estimate of drug-likeness (QED) is 0.562. The first kappa shape index (κ1) is 20.9. The maximum absolute atomic E-state index is 12.6. The number of aryl methyl sites for hydroxylation is 1. The molecule has 0 radical (unpaired) electrons. The van der Waals surface area contributed by atoms with E-state index in [1.165, 1.54) is 20.0 Å². The fourth-order valence-corrected chi connectivity index (χ4v) is 3.74. The summed E-state index contributed by atoms with van der Waals surface area (Å²) in [7, 11) is 1.52. The Hall–Kier alpha value is -3.32. The van der Waals surface area contributed by atoms with Crippen LogP contribution in [0.2, 0.25) is 5.02 Å². The Labute approximate surface area is 186 Å². The zero-order valence-corrected chi connectivity index (χ0v) is 18.2. The van der Waals surface area contributed by atoms with Crippen LogP contribution in [0.5, 0.6) is 5.75 Å². The third-order valence-electron chi connectivity index (χ3n) is 5.08. The van der Waals surface area contributed by atoms with Crippen LogP contribution in [0, 0.1) is 6.92 Å². The number of halogens is 1. The molecule has 1 fully saturated rings. The normalized spacial score (nSPS) is 13.2. The third-order valence-corrected chi connectivity index (χ3v) is 5.31. The van der Waals surface area contributed by atoms with Crippen LogP contribution in [0.4, 0.5) is 23.0 Å². The first-order valence-electron chi connectivity index (χ1n) is 10.1. The van der Waals surface area contributed by atoms with Crippen LogP contribution in [0.1, 0.15) is 29.0 Å². The molecule has 0 bridgehead atoms. The highest BCUT2D eigenvalue weighted by atomic mass is 35.5. The molecule has 1 aliphatic rings. The van der Waals surface area contributed by atoms with E-state index in [2.05, 4.69) is 25.5 Å². The monoisotopic (exact) mass is 437 g/mol. The molecule has 0 saturated carbocycles. The van der Waals surface area contributed by atoms with Crippen LogP contribution in [0.25, 0.3) is 0 Å². The molecule has 3 aromatic rings. The predicted molar refractivity (Wildman–Crippen MR) is 124 cm³/mol. The van der Waals surface area contributed by atoms with E-state index >= 15 is 0 Å². The SMILES string of the molecule is COc1ccc(Cl)cc1C(=O)Nc1ccc(Nc2cc(N3CCCC3)nc(C)n2)cc1. The lowest BCUT2D eigenvalue weighted by Crippen LogP contribution is -2.19. The van der Waals surface area contributed by atoms with Gasteiger partial charge in [0.15, 0.2) is 0 Å². The Kier molecular flexibility index (Phi) is 6.23. The molecule has 0 atom stereocenters. The van der Waals surface area contributed by atoms with Crippen LogP contribution >= 0.6 is 11.6 Å². The molecule has 1 saturated heterocycles. The average molecular weight is 438 g/mol. The summed E-state index contributed by atoms with van der Waals surface area (Å²) in [6, 6.07) is 14.3. The van der Waals surface area contributed by atoms with E-state index in [0.29, 0.717) is 22.0 Å². The lowest BCUT2D eigenvalue weighted by molar-refractivity contribution is 0.102. The van der Waals surface area contributed by atoms with E-state index in [-0.39, 0.29) is 5.91 Å². The summed E-state index contributed by atoms with van der Waals surface area (Å²) >= 11 is 6.03. The zero-order valence-electron chi connectivity index (χ0n) is 17.5. The van der Waals surface area contributed by atoms with Crippen LogP contribution in [-0.2, 0) is 0 Å². The van der Waals surface area contributed by atoms with E-state index in [4.69, 9.17) is 16.3 Å². The zero-order chi connectivity index (χ0) is 21.8. The molecule has 7 nitrogen and oxygen atoms in total. The molecule has 0 aliphatic carbocycles. The number of nitrogens with zero attached hydrogens (tertiary/aromatic N) is 3. The molecule has 1 amide bonds. The summed E-state index contributed by atoms with van der Waals surface area (Å²) in [4.78, 5) is 24.0. The number of aromatic nitrogens is 2. The molecule has 2 heterocycles. The highest BCUT2D eigenvalue weighted by molar-refractivity contribution is 6.31. The van der Waals surface area contributed by atoms with Crippen molar-refractivity contribution in [2.45, 2.75) is 19.8 Å². The van der Waals surface area contributed by atoms with E-state index in [9.17, 15) is 4.79 Å². The Balaban J connectivity index is 1.45. The highest BCUT2D eigenvalue weighted by Gasteiger charge is 2.16. The van der Waals surface area contributed by atoms with Gasteiger partial charge in [-0.2, -0.15) is 0 Å². The maximum Gasteiger partial charge on any atom is 0.259 e. The van der Waals surface area contributed by atoms with E-state index in [1.54, 1.807) is 18.2 Å². The van der Waals surface area contributed by atoms with E-state index < -0.39 is 0 Å². The lowest BCUT2D eigenvalue weighted by Gasteiger charge is -2.18. The molecular weight excluding hydrogens is 414 g/mol. The molecule has 2 aromatic carbocycles. The molecule has 0 spiro atoms. The van der Waals surface area contributed by atoms with Crippen LogP contribution in [0.3, 0.4) is 0 Å². The second-order valence-electron chi connectivity index (χ2n) is 7.35. The van der Waals surface area contributed by atoms with Crippen LogP contribution < -0.4 is 20.3 Å². The largest absolute Gasteiger partial charge is 0.496 e. The molecule has 0 unspecified atom stereocenters. The number of benzene rings is 2. The summed E-state index contributed by atoms with van der Waals surface area (Å²) in [5, 5.41) is 6.66. The molecular formula is C23H24ClN5O2. The van der Waals surface area contributed by atoms with Crippen LogP contribution in [-0.4, -0.2) is 36.1 Å². The van der Waals surface area contributed by atoms with Crippen molar-refractivity contribution < 1.29 is 9.53 Å². The Morgan fingerprint density at radius 1 is 1.03 bits per heavy atom. The van der Waals surface area contributed by atoms with Gasteiger partial charge >= 0.3 is 0 Å². The van der Waals surface area contributed by atoms with Crippen molar-refractivity contribution in [1.82, 2.24) is 9.97 Å². The second-order valence-corrected chi connectivity index (χ2v) is 7.79. The van der Waals surface area contributed by atoms with Gasteiger partial charge in [-0.25, -0.2) is 9.97 Å². The van der Waals surface area contributed by atoms with Crippen molar-refractivity contribution >= 4 is 40.5 Å². The van der Waals surface area contributed by atoms with Gasteiger partial charge in [0.05, 0.1) is 12.7 Å². The molecule has 1 aromatic heterocycles. The molecule has 160 valence electrons. The Bertz CT molecular complexity index is 1080. The van der Waals surface area contributed by atoms with Gasteiger partial charge in [-0.05, 0) is 62.2 Å². The fraction of sp³-hybridized carbons (Fsp3) is 0.261. The Morgan fingerprint density at radius 3 is 2.45 bits per heavy atom. The van der Waals surface area contributed by atoms with Crippen molar-refractivity contribution in [3.63, 3.8) is 0 Å². The van der Waals surface area contributed by atoms with E-state index in [1.807, 2.05) is 37.3 Å². The molecule has 1 aliphatic heterocycles. The summed E-state index contributed by atoms with van der Waals surface area (Å²) in [5.74, 6) is 2.60. The standard InChI is InChI=1S/C23H24ClN5O2/c1-15-25-21(14-22(26-15)29-11-3-4-12-29)27-17-6-8-18(9-7-17)28-23(30)19-13-16(24)5-10-20(19)31-2/h5-10,13-14H,3-4,11-12H2,1-2H3,(H,28,30)(H,25,26,27). The molecule has 4 rings (SSSR count). The summed E-state index contributed by atoms with van der Waals surface area (Å²) in [6.45, 7) is 3.96. The number of amides is 1. The molecule has 2 N–H and O–H groups in total. The Morgan fingerprint density at radius 2 is 1.74 bits per heavy atom. The third kappa shape index (κ3) is 5.06. The van der Waals surface area contributed by atoms with Gasteiger partial charge in [0, 0.05) is 35.6 Å². The number of methoxy groups -OCH3 is 1. The first-order chi connectivity index (χ1) is 15.0. The number of ether oxygens (including phenoxy) is 1. The van der Waals surface area contributed by atoms with Crippen molar-refractivity contribution in [2.24, 2.45) is 0 Å². The first-order valence-corrected chi connectivity index (χ1v) is 10.5. The number of rotatable bonds is 6. The number of carbonyl (C=O) groups is 1. The van der Waals surface area contributed by atoms with Gasteiger partial charge in [0.25, 0.3) is 5.91 Å². The van der Waals surface area contributed by atoms with Crippen molar-refractivity contribution in [1.29, 1.82) is 0 Å². The minimum absolute atomic E-state index is 0.290. The van der Waals surface area contributed by atoms with Crippen molar-refractivity contribution in [3.8, 4) is 5.75 Å². The topological polar surface area (TPSA) is 79.4 Å². The minimum atomic E-state index is -0.290. The summed E-state index contributed by atoms with van der Waals surface area (Å²) in [6.07, 6.45) is 2.39. The number of hydrogen-bond acceptors (Lipinski definition) is 6. The molecule has 8 heteroatoms. The second kappa shape index (κ2) is 9.22. The fourth-order valence-electron chi connectivity index (χ4n) is 3.57. The van der Waals surface area contributed by atoms with E-state index in [0.717, 1.165) is 36.2 Å². The number of anilines is 4.